The predicted molar refractivity (Wildman–Crippen MR) is 126 cm³/mol. The molecule has 4 N–H and O–H groups in total. The fraction of sp³-hybridized carbons (Fsp3) is 0.217. The minimum Gasteiger partial charge on any atom is -0.323 e. The molecule has 1 saturated heterocycles. The fourth-order valence-electron chi connectivity index (χ4n) is 3.51. The summed E-state index contributed by atoms with van der Waals surface area (Å²) in [6.45, 7) is 1.33. The molecule has 3 amide bonds. The Kier molecular flexibility index (Phi) is 6.98. The Morgan fingerprint density at radius 3 is 2.62 bits per heavy atom. The molecule has 9 heteroatoms. The summed E-state index contributed by atoms with van der Waals surface area (Å²) in [6.07, 6.45) is 5.80. The highest BCUT2D eigenvalue weighted by Gasteiger charge is 2.25. The van der Waals surface area contributed by atoms with E-state index in [2.05, 4.69) is 20.7 Å². The van der Waals surface area contributed by atoms with E-state index in [1.807, 2.05) is 65.3 Å². The average Bonchev–Trinajstić information content (AvgIpc) is 2.85. The number of nitrogens with zero attached hydrogens (tertiary/aromatic N) is 3. The molecule has 4 rings (SSSR count). The first kappa shape index (κ1) is 21.8. The van der Waals surface area contributed by atoms with Crippen molar-refractivity contribution in [2.24, 2.45) is 5.84 Å². The van der Waals surface area contributed by atoms with Crippen LogP contribution in [0.2, 0.25) is 0 Å². The van der Waals surface area contributed by atoms with Crippen LogP contribution in [0.5, 0.6) is 0 Å². The van der Waals surface area contributed by atoms with Crippen LogP contribution in [-0.4, -0.2) is 50.9 Å². The van der Waals surface area contributed by atoms with Crippen molar-refractivity contribution in [1.29, 1.82) is 0 Å². The lowest BCUT2D eigenvalue weighted by molar-refractivity contribution is 0.0953. The first-order valence-electron chi connectivity index (χ1n) is 10.3. The highest BCUT2D eigenvalue weighted by Crippen LogP contribution is 2.24. The molecule has 1 aliphatic rings. The van der Waals surface area contributed by atoms with Crippen molar-refractivity contribution in [3.05, 3.63) is 78.4 Å². The van der Waals surface area contributed by atoms with E-state index in [1.165, 1.54) is 6.20 Å². The number of amides is 3. The van der Waals surface area contributed by atoms with Gasteiger partial charge in [0.05, 0.1) is 5.56 Å². The molecule has 8 nitrogen and oxygen atoms in total. The standard InChI is InChI=1S/C23H24N6O2S/c24-28-22(30)18-5-8-20(26-14-18)12-21-15-29(10-11-32-21)23(31)27-19-6-3-16(4-7-19)17-2-1-9-25-13-17/h1-9,13-14,21H,10-12,15,24H2,(H,27,31)(H,28,30). The lowest BCUT2D eigenvalue weighted by Crippen LogP contribution is -2.44. The van der Waals surface area contributed by atoms with E-state index in [4.69, 9.17) is 5.84 Å². The highest BCUT2D eigenvalue weighted by molar-refractivity contribution is 8.00. The summed E-state index contributed by atoms with van der Waals surface area (Å²) in [7, 11) is 0. The minimum atomic E-state index is -0.368. The summed E-state index contributed by atoms with van der Waals surface area (Å²) in [5.74, 6) is 5.65. The van der Waals surface area contributed by atoms with E-state index in [1.54, 1.807) is 12.3 Å². The number of nitrogens with one attached hydrogen (secondary N) is 2. The third kappa shape index (κ3) is 5.43. The van der Waals surface area contributed by atoms with E-state index >= 15 is 0 Å². The van der Waals surface area contributed by atoms with Crippen LogP contribution < -0.4 is 16.6 Å². The van der Waals surface area contributed by atoms with Crippen molar-refractivity contribution < 1.29 is 9.59 Å². The summed E-state index contributed by atoms with van der Waals surface area (Å²) < 4.78 is 0. The Labute approximate surface area is 190 Å². The van der Waals surface area contributed by atoms with Gasteiger partial charge in [-0.25, -0.2) is 10.6 Å². The van der Waals surface area contributed by atoms with Crippen molar-refractivity contribution in [2.45, 2.75) is 11.7 Å². The normalized spacial score (nSPS) is 15.8. The molecule has 1 aromatic carbocycles. The molecule has 1 atom stereocenters. The van der Waals surface area contributed by atoms with Crippen molar-refractivity contribution in [3.8, 4) is 11.1 Å². The maximum atomic E-state index is 12.8. The van der Waals surface area contributed by atoms with Gasteiger partial charge in [0.1, 0.15) is 0 Å². The molecule has 0 bridgehead atoms. The summed E-state index contributed by atoms with van der Waals surface area (Å²) in [5.41, 5.74) is 6.23. The quantitative estimate of drug-likeness (QED) is 0.314. The second kappa shape index (κ2) is 10.3. The molecule has 3 aromatic rings. The number of nitrogens with two attached hydrogens (primary N) is 1. The van der Waals surface area contributed by atoms with E-state index in [0.717, 1.165) is 34.7 Å². The first-order valence-corrected chi connectivity index (χ1v) is 11.3. The van der Waals surface area contributed by atoms with Gasteiger partial charge < -0.3 is 10.2 Å². The predicted octanol–water partition coefficient (Wildman–Crippen LogP) is 2.94. The Hall–Kier alpha value is -3.43. The summed E-state index contributed by atoms with van der Waals surface area (Å²) in [5, 5.41) is 3.23. The maximum Gasteiger partial charge on any atom is 0.321 e. The van der Waals surface area contributed by atoms with Crippen LogP contribution in [0.1, 0.15) is 16.1 Å². The van der Waals surface area contributed by atoms with Crippen LogP contribution in [0.4, 0.5) is 10.5 Å². The van der Waals surface area contributed by atoms with Crippen molar-refractivity contribution >= 4 is 29.4 Å². The molecule has 1 unspecified atom stereocenters. The van der Waals surface area contributed by atoms with Crippen molar-refractivity contribution in [3.63, 3.8) is 0 Å². The van der Waals surface area contributed by atoms with Crippen LogP contribution in [0.15, 0.2) is 67.1 Å². The number of benzene rings is 1. The molecule has 3 heterocycles. The minimum absolute atomic E-state index is 0.104. The number of hydrogen-bond acceptors (Lipinski definition) is 6. The number of aromatic nitrogens is 2. The van der Waals surface area contributed by atoms with E-state index in [-0.39, 0.29) is 17.2 Å². The molecule has 1 aliphatic heterocycles. The number of pyridine rings is 2. The Balaban J connectivity index is 1.33. The SMILES string of the molecule is NNC(=O)c1ccc(CC2CN(C(=O)Nc3ccc(-c4cccnc4)cc3)CCS2)nc1. The third-order valence-corrected chi connectivity index (χ3v) is 6.42. The number of thioether (sulfide) groups is 1. The molecule has 1 fully saturated rings. The highest BCUT2D eigenvalue weighted by atomic mass is 32.2. The lowest BCUT2D eigenvalue weighted by Gasteiger charge is -2.32. The number of rotatable bonds is 5. The first-order chi connectivity index (χ1) is 15.6. The van der Waals surface area contributed by atoms with Gasteiger partial charge in [-0.05, 0) is 41.5 Å². The van der Waals surface area contributed by atoms with Crippen LogP contribution >= 0.6 is 11.8 Å². The zero-order valence-corrected chi connectivity index (χ0v) is 18.2. The summed E-state index contributed by atoms with van der Waals surface area (Å²) >= 11 is 1.83. The second-order valence-corrected chi connectivity index (χ2v) is 8.81. The summed E-state index contributed by atoms with van der Waals surface area (Å²) in [4.78, 5) is 34.7. The molecule has 0 radical (unpaired) electrons. The number of hydrogen-bond donors (Lipinski definition) is 3. The molecule has 0 saturated carbocycles. The molecular weight excluding hydrogens is 424 g/mol. The van der Waals surface area contributed by atoms with Crippen LogP contribution in [-0.2, 0) is 6.42 Å². The number of urea groups is 1. The van der Waals surface area contributed by atoms with Gasteiger partial charge in [-0.15, -0.1) is 0 Å². The van der Waals surface area contributed by atoms with E-state index in [0.29, 0.717) is 18.7 Å². The second-order valence-electron chi connectivity index (χ2n) is 7.40. The Morgan fingerprint density at radius 2 is 1.94 bits per heavy atom. The molecule has 0 spiro atoms. The van der Waals surface area contributed by atoms with Gasteiger partial charge in [0.15, 0.2) is 0 Å². The topological polar surface area (TPSA) is 113 Å². The number of hydrazine groups is 1. The monoisotopic (exact) mass is 448 g/mol. The molecule has 0 aliphatic carbocycles. The molecule has 32 heavy (non-hydrogen) atoms. The summed E-state index contributed by atoms with van der Waals surface area (Å²) in [6, 6.07) is 15.1. The molecule has 164 valence electrons. The van der Waals surface area contributed by atoms with Gasteiger partial charge >= 0.3 is 6.03 Å². The van der Waals surface area contributed by atoms with Crippen molar-refractivity contribution in [2.75, 3.05) is 24.2 Å². The van der Waals surface area contributed by atoms with E-state index < -0.39 is 0 Å². The lowest BCUT2D eigenvalue weighted by atomic mass is 10.1. The van der Waals surface area contributed by atoms with Crippen molar-refractivity contribution in [1.82, 2.24) is 20.3 Å². The maximum absolute atomic E-state index is 12.8. The van der Waals surface area contributed by atoms with Gasteiger partial charge in [-0.2, -0.15) is 11.8 Å². The number of nitrogen functional groups attached to an aromatic ring is 1. The average molecular weight is 449 g/mol. The zero-order valence-electron chi connectivity index (χ0n) is 17.4. The zero-order chi connectivity index (χ0) is 22.3. The number of anilines is 1. The largest absolute Gasteiger partial charge is 0.323 e. The van der Waals surface area contributed by atoms with Crippen LogP contribution in [0.3, 0.4) is 0 Å². The van der Waals surface area contributed by atoms with E-state index in [9.17, 15) is 9.59 Å². The smallest absolute Gasteiger partial charge is 0.321 e. The van der Waals surface area contributed by atoms with Gasteiger partial charge in [-0.1, -0.05) is 18.2 Å². The van der Waals surface area contributed by atoms with Crippen LogP contribution in [0.25, 0.3) is 11.1 Å². The molecule has 2 aromatic heterocycles. The van der Waals surface area contributed by atoms with Crippen LogP contribution in [0, 0.1) is 0 Å². The van der Waals surface area contributed by atoms with Gasteiger partial charge in [-0.3, -0.25) is 20.2 Å². The van der Waals surface area contributed by atoms with Gasteiger partial charge in [0.2, 0.25) is 0 Å². The Bertz CT molecular complexity index is 1060. The van der Waals surface area contributed by atoms with Gasteiger partial charge in [0.25, 0.3) is 5.91 Å². The number of carbonyl (C=O) groups is 2. The van der Waals surface area contributed by atoms with Gasteiger partial charge in [0, 0.05) is 60.5 Å². The third-order valence-electron chi connectivity index (χ3n) is 5.21. The molecular formula is C23H24N6O2S. The Morgan fingerprint density at radius 1 is 1.09 bits per heavy atom. The fourth-order valence-corrected chi connectivity index (χ4v) is 4.74. The number of carbonyl (C=O) groups excluding carboxylic acids is 2.